The van der Waals surface area contributed by atoms with E-state index in [-0.39, 0.29) is 45.6 Å². The molecule has 0 saturated carbocycles. The van der Waals surface area contributed by atoms with Crippen LogP contribution in [0.1, 0.15) is 71.1 Å². The lowest BCUT2D eigenvalue weighted by molar-refractivity contribution is -0.154. The van der Waals surface area contributed by atoms with E-state index in [1.165, 1.54) is 38.5 Å². The summed E-state index contributed by atoms with van der Waals surface area (Å²) in [4.78, 5) is 11.8. The number of carbonyl (C=O) groups is 1. The van der Waals surface area contributed by atoms with Gasteiger partial charge in [-0.3, -0.25) is 4.79 Å². The molecule has 0 aromatic heterocycles. The molecule has 0 aliphatic heterocycles. The Balaban J connectivity index is 3.82. The standard InChI is InChI=1S/C21H42O8/c1-2-3-4-5-6-7-8-9-10-11-21(26)28-16-19(14-24)27-17-20(15-25)29-18(12-22)13-23/h18-20,22-25H,2-17H2,1H3/t19-,20+/m0/s1. The zero-order valence-electron chi connectivity index (χ0n) is 18.0. The van der Waals surface area contributed by atoms with Crippen molar-refractivity contribution < 1.29 is 39.4 Å². The topological polar surface area (TPSA) is 126 Å². The molecule has 4 N–H and O–H groups in total. The molecule has 8 heteroatoms. The van der Waals surface area contributed by atoms with Crippen LogP contribution < -0.4 is 0 Å². The number of aliphatic hydroxyl groups excluding tert-OH is 4. The van der Waals surface area contributed by atoms with Crippen LogP contribution in [0.5, 0.6) is 0 Å². The van der Waals surface area contributed by atoms with Gasteiger partial charge in [0.15, 0.2) is 0 Å². The molecule has 0 rings (SSSR count). The van der Waals surface area contributed by atoms with Gasteiger partial charge in [0.2, 0.25) is 0 Å². The first-order valence-electron chi connectivity index (χ1n) is 11.0. The normalized spacial score (nSPS) is 13.6. The summed E-state index contributed by atoms with van der Waals surface area (Å²) in [6.45, 7) is 0.600. The lowest BCUT2D eigenvalue weighted by Crippen LogP contribution is -2.36. The van der Waals surface area contributed by atoms with Gasteiger partial charge in [-0.15, -0.1) is 0 Å². The molecule has 8 nitrogen and oxygen atoms in total. The van der Waals surface area contributed by atoms with Crippen LogP contribution in [0.25, 0.3) is 0 Å². The third kappa shape index (κ3) is 16.7. The maximum Gasteiger partial charge on any atom is 0.305 e. The maximum absolute atomic E-state index is 11.8. The summed E-state index contributed by atoms with van der Waals surface area (Å²) in [6, 6.07) is 0. The molecule has 29 heavy (non-hydrogen) atoms. The zero-order chi connectivity index (χ0) is 21.7. The molecule has 0 aliphatic rings. The Labute approximate surface area is 175 Å². The molecule has 0 aromatic carbocycles. The number of hydrogen-bond acceptors (Lipinski definition) is 8. The van der Waals surface area contributed by atoms with Crippen LogP contribution >= 0.6 is 0 Å². The fraction of sp³-hybridized carbons (Fsp3) is 0.952. The highest BCUT2D eigenvalue weighted by Gasteiger charge is 2.18. The second kappa shape index (κ2) is 20.5. The molecule has 0 aromatic rings. The fourth-order valence-corrected chi connectivity index (χ4v) is 2.79. The lowest BCUT2D eigenvalue weighted by Gasteiger charge is -2.23. The van der Waals surface area contributed by atoms with Gasteiger partial charge in [0, 0.05) is 6.42 Å². The minimum Gasteiger partial charge on any atom is -0.463 e. The first kappa shape index (κ1) is 28.2. The molecule has 0 fully saturated rings. The van der Waals surface area contributed by atoms with Crippen LogP contribution in [0.15, 0.2) is 0 Å². The quantitative estimate of drug-likeness (QED) is 0.162. The second-order valence-corrected chi connectivity index (χ2v) is 7.33. The molecular formula is C21H42O8. The summed E-state index contributed by atoms with van der Waals surface area (Å²) in [5.41, 5.74) is 0. The molecular weight excluding hydrogens is 380 g/mol. The smallest absolute Gasteiger partial charge is 0.305 e. The van der Waals surface area contributed by atoms with Crippen LogP contribution in [0.2, 0.25) is 0 Å². The van der Waals surface area contributed by atoms with Crippen molar-refractivity contribution in [2.24, 2.45) is 0 Å². The first-order valence-corrected chi connectivity index (χ1v) is 11.0. The number of ether oxygens (including phenoxy) is 3. The highest BCUT2D eigenvalue weighted by Crippen LogP contribution is 2.11. The van der Waals surface area contributed by atoms with Crippen LogP contribution in [0.4, 0.5) is 0 Å². The van der Waals surface area contributed by atoms with Crippen molar-refractivity contribution in [3.63, 3.8) is 0 Å². The summed E-state index contributed by atoms with van der Waals surface area (Å²) >= 11 is 0. The summed E-state index contributed by atoms with van der Waals surface area (Å²) in [7, 11) is 0. The van der Waals surface area contributed by atoms with Gasteiger partial charge in [0.25, 0.3) is 0 Å². The van der Waals surface area contributed by atoms with Gasteiger partial charge in [0.05, 0.1) is 33.0 Å². The van der Waals surface area contributed by atoms with Gasteiger partial charge in [-0.2, -0.15) is 0 Å². The monoisotopic (exact) mass is 422 g/mol. The van der Waals surface area contributed by atoms with Crippen molar-refractivity contribution in [3.8, 4) is 0 Å². The Kier molecular flexibility index (Phi) is 20.0. The molecule has 2 atom stereocenters. The Hall–Kier alpha value is -0.770. The van der Waals surface area contributed by atoms with Crippen LogP contribution in [-0.4, -0.2) is 84.3 Å². The van der Waals surface area contributed by atoms with E-state index >= 15 is 0 Å². The van der Waals surface area contributed by atoms with Gasteiger partial charge < -0.3 is 34.6 Å². The number of esters is 1. The fourth-order valence-electron chi connectivity index (χ4n) is 2.79. The Bertz CT molecular complexity index is 363. The number of unbranched alkanes of at least 4 members (excludes halogenated alkanes) is 8. The molecule has 0 bridgehead atoms. The Morgan fingerprint density at radius 1 is 0.690 bits per heavy atom. The van der Waals surface area contributed by atoms with E-state index in [0.717, 1.165) is 19.3 Å². The molecule has 174 valence electrons. The minimum atomic E-state index is -0.808. The number of hydrogen-bond donors (Lipinski definition) is 4. The predicted octanol–water partition coefficient (Wildman–Crippen LogP) is 1.56. The largest absolute Gasteiger partial charge is 0.463 e. The maximum atomic E-state index is 11.8. The third-order valence-electron chi connectivity index (χ3n) is 4.63. The van der Waals surface area contributed by atoms with E-state index in [4.69, 9.17) is 24.4 Å². The first-order chi connectivity index (χ1) is 14.1. The molecule has 0 radical (unpaired) electrons. The van der Waals surface area contributed by atoms with E-state index in [1.807, 2.05) is 0 Å². The molecule has 0 unspecified atom stereocenters. The lowest BCUT2D eigenvalue weighted by atomic mass is 10.1. The summed E-state index contributed by atoms with van der Waals surface area (Å²) in [5.74, 6) is -0.314. The van der Waals surface area contributed by atoms with E-state index in [0.29, 0.717) is 6.42 Å². The van der Waals surface area contributed by atoms with Crippen LogP contribution in [0.3, 0.4) is 0 Å². The van der Waals surface area contributed by atoms with Gasteiger partial charge in [0.1, 0.15) is 24.9 Å². The van der Waals surface area contributed by atoms with Crippen molar-refractivity contribution in [2.45, 2.75) is 89.4 Å². The number of carbonyl (C=O) groups excluding carboxylic acids is 1. The van der Waals surface area contributed by atoms with Gasteiger partial charge in [-0.05, 0) is 6.42 Å². The SMILES string of the molecule is CCCCCCCCCCCC(=O)OC[C@H](CO)OC[C@@H](CO)OC(CO)CO. The molecule has 0 amide bonds. The van der Waals surface area contributed by atoms with E-state index in [9.17, 15) is 15.0 Å². The van der Waals surface area contributed by atoms with Crippen molar-refractivity contribution >= 4 is 5.97 Å². The average Bonchev–Trinajstić information content (AvgIpc) is 2.74. The summed E-state index contributed by atoms with van der Waals surface area (Å²) < 4.78 is 15.8. The van der Waals surface area contributed by atoms with Crippen molar-refractivity contribution in [1.82, 2.24) is 0 Å². The highest BCUT2D eigenvalue weighted by atomic mass is 16.6. The second-order valence-electron chi connectivity index (χ2n) is 7.33. The van der Waals surface area contributed by atoms with Gasteiger partial charge >= 0.3 is 5.97 Å². The molecule has 0 saturated heterocycles. The van der Waals surface area contributed by atoms with Crippen molar-refractivity contribution in [3.05, 3.63) is 0 Å². The van der Waals surface area contributed by atoms with E-state index < -0.39 is 18.3 Å². The van der Waals surface area contributed by atoms with Crippen molar-refractivity contribution in [2.75, 3.05) is 39.6 Å². The van der Waals surface area contributed by atoms with Crippen LogP contribution in [0, 0.1) is 0 Å². The summed E-state index contributed by atoms with van der Waals surface area (Å²) in [5, 5.41) is 36.6. The van der Waals surface area contributed by atoms with Gasteiger partial charge in [-0.25, -0.2) is 0 Å². The Morgan fingerprint density at radius 3 is 1.72 bits per heavy atom. The Morgan fingerprint density at radius 2 is 1.21 bits per heavy atom. The highest BCUT2D eigenvalue weighted by molar-refractivity contribution is 5.69. The van der Waals surface area contributed by atoms with Gasteiger partial charge in [-0.1, -0.05) is 58.3 Å². The third-order valence-corrected chi connectivity index (χ3v) is 4.63. The number of aliphatic hydroxyl groups is 4. The zero-order valence-corrected chi connectivity index (χ0v) is 18.0. The molecule has 0 heterocycles. The van der Waals surface area contributed by atoms with Crippen LogP contribution in [-0.2, 0) is 19.0 Å². The minimum absolute atomic E-state index is 0.0615. The average molecular weight is 423 g/mol. The van der Waals surface area contributed by atoms with E-state index in [1.54, 1.807) is 0 Å². The van der Waals surface area contributed by atoms with Crippen molar-refractivity contribution in [1.29, 1.82) is 0 Å². The summed E-state index contributed by atoms with van der Waals surface area (Å²) in [6.07, 6.45) is 8.64. The van der Waals surface area contributed by atoms with E-state index in [2.05, 4.69) is 6.92 Å². The molecule has 0 aliphatic carbocycles. The predicted molar refractivity (Wildman–Crippen MR) is 110 cm³/mol. The number of rotatable bonds is 21. The molecule has 0 spiro atoms.